The van der Waals surface area contributed by atoms with Crippen LogP contribution in [0.3, 0.4) is 0 Å². The average molecular weight is 442 g/mol. The van der Waals surface area contributed by atoms with Crippen molar-refractivity contribution in [3.8, 4) is 0 Å². The van der Waals surface area contributed by atoms with Crippen molar-refractivity contribution in [1.82, 2.24) is 14.4 Å². The van der Waals surface area contributed by atoms with Crippen molar-refractivity contribution >= 4 is 34.4 Å². The number of carboxylic acid groups (broad SMARTS) is 2. The number of aliphatic carboxylic acids is 1. The molecule has 0 saturated carbocycles. The normalized spacial score (nSPS) is 16.5. The number of hydrogen-bond acceptors (Lipinski definition) is 4. The van der Waals surface area contributed by atoms with Crippen LogP contribution in [0, 0.1) is 0 Å². The van der Waals surface area contributed by atoms with Crippen LogP contribution in [0.1, 0.15) is 27.7 Å². The number of piperazine rings is 1. The van der Waals surface area contributed by atoms with Crippen LogP contribution in [0.5, 0.6) is 0 Å². The number of carboxylic acids is 2. The maximum atomic E-state index is 12.4. The summed E-state index contributed by atoms with van der Waals surface area (Å²) in [6.07, 6.45) is 0. The predicted molar refractivity (Wildman–Crippen MR) is 119 cm³/mol. The number of aromatic nitrogens is 1. The van der Waals surface area contributed by atoms with E-state index in [4.69, 9.17) is 11.6 Å². The smallest absolute Gasteiger partial charge is 0.352 e. The molecule has 1 atom stereocenters. The summed E-state index contributed by atoms with van der Waals surface area (Å²) in [6.45, 7) is 3.16. The van der Waals surface area contributed by atoms with Gasteiger partial charge in [-0.25, -0.2) is 4.79 Å². The molecule has 0 amide bonds. The molecule has 2 aromatic carbocycles. The molecule has 7 nitrogen and oxygen atoms in total. The molecule has 8 heteroatoms. The molecule has 0 radical (unpaired) electrons. The number of nitrogens with zero attached hydrogens (tertiary/aromatic N) is 3. The molecular formula is C23H24ClN3O4. The van der Waals surface area contributed by atoms with Crippen LogP contribution in [-0.4, -0.2) is 62.7 Å². The van der Waals surface area contributed by atoms with Crippen LogP contribution in [0.4, 0.5) is 0 Å². The summed E-state index contributed by atoms with van der Waals surface area (Å²) in [5.74, 6) is -2.17. The van der Waals surface area contributed by atoms with Gasteiger partial charge in [0.15, 0.2) is 0 Å². The summed E-state index contributed by atoms with van der Waals surface area (Å²) in [6, 6.07) is 13.9. The number of aromatic carboxylic acids is 1. The van der Waals surface area contributed by atoms with Gasteiger partial charge in [-0.15, -0.1) is 0 Å². The number of para-hydroxylation sites is 1. The second-order valence-corrected chi connectivity index (χ2v) is 8.26. The van der Waals surface area contributed by atoms with Crippen LogP contribution < -0.4 is 0 Å². The first-order chi connectivity index (χ1) is 14.9. The zero-order valence-corrected chi connectivity index (χ0v) is 17.9. The number of carbonyl (C=O) groups is 2. The maximum absolute atomic E-state index is 12.4. The Hall–Kier alpha value is -2.87. The van der Waals surface area contributed by atoms with Crippen LogP contribution >= 0.6 is 11.6 Å². The fraction of sp³-hybridized carbons (Fsp3) is 0.304. The fourth-order valence-electron chi connectivity index (χ4n) is 4.49. The third-order valence-electron chi connectivity index (χ3n) is 5.92. The molecule has 4 rings (SSSR count). The number of hydrogen-bond donors (Lipinski definition) is 2. The molecule has 2 heterocycles. The van der Waals surface area contributed by atoms with Gasteiger partial charge in [-0.05, 0) is 23.8 Å². The van der Waals surface area contributed by atoms with Gasteiger partial charge < -0.3 is 14.8 Å². The summed E-state index contributed by atoms with van der Waals surface area (Å²) in [5.41, 5.74) is 2.19. The van der Waals surface area contributed by atoms with Gasteiger partial charge in [0.25, 0.3) is 0 Å². The highest BCUT2D eigenvalue weighted by molar-refractivity contribution is 6.30. The van der Waals surface area contributed by atoms with Crippen molar-refractivity contribution in [3.05, 3.63) is 70.4 Å². The number of aryl methyl sites for hydroxylation is 1. The summed E-state index contributed by atoms with van der Waals surface area (Å²) in [4.78, 5) is 28.5. The lowest BCUT2D eigenvalue weighted by Crippen LogP contribution is -2.49. The van der Waals surface area contributed by atoms with Gasteiger partial charge in [0, 0.05) is 61.3 Å². The van der Waals surface area contributed by atoms with Crippen molar-refractivity contribution in [2.45, 2.75) is 12.6 Å². The molecule has 1 aliphatic heterocycles. The van der Waals surface area contributed by atoms with E-state index in [9.17, 15) is 19.8 Å². The minimum Gasteiger partial charge on any atom is -0.480 e. The lowest BCUT2D eigenvalue weighted by atomic mass is 10.00. The third kappa shape index (κ3) is 4.17. The first kappa shape index (κ1) is 21.4. The number of halogens is 1. The largest absolute Gasteiger partial charge is 0.480 e. The second-order valence-electron chi connectivity index (χ2n) is 7.83. The van der Waals surface area contributed by atoms with Crippen LogP contribution in [-0.2, 0) is 18.4 Å². The Morgan fingerprint density at radius 1 is 1.03 bits per heavy atom. The van der Waals surface area contributed by atoms with E-state index in [0.29, 0.717) is 47.7 Å². The highest BCUT2D eigenvalue weighted by atomic mass is 35.5. The Morgan fingerprint density at radius 2 is 1.74 bits per heavy atom. The molecular weight excluding hydrogens is 418 g/mol. The van der Waals surface area contributed by atoms with Gasteiger partial charge >= 0.3 is 11.9 Å². The zero-order valence-electron chi connectivity index (χ0n) is 17.2. The van der Waals surface area contributed by atoms with E-state index in [2.05, 4.69) is 4.90 Å². The number of fused-ring (bicyclic) bond motifs is 1. The van der Waals surface area contributed by atoms with Gasteiger partial charge in [-0.3, -0.25) is 14.6 Å². The van der Waals surface area contributed by atoms with Gasteiger partial charge in [0.2, 0.25) is 0 Å². The fourth-order valence-corrected chi connectivity index (χ4v) is 4.71. The van der Waals surface area contributed by atoms with Crippen molar-refractivity contribution in [1.29, 1.82) is 0 Å². The van der Waals surface area contributed by atoms with E-state index in [1.54, 1.807) is 23.7 Å². The molecule has 162 valence electrons. The highest BCUT2D eigenvalue weighted by Gasteiger charge is 2.36. The molecule has 1 aliphatic rings. The van der Waals surface area contributed by atoms with E-state index >= 15 is 0 Å². The molecule has 1 fully saturated rings. The van der Waals surface area contributed by atoms with E-state index in [-0.39, 0.29) is 5.69 Å². The lowest BCUT2D eigenvalue weighted by molar-refractivity contribution is -0.144. The topological polar surface area (TPSA) is 86.0 Å². The number of rotatable bonds is 6. The minimum absolute atomic E-state index is 0.0231. The first-order valence-electron chi connectivity index (χ1n) is 10.1. The second kappa shape index (κ2) is 8.70. The van der Waals surface area contributed by atoms with E-state index < -0.39 is 18.0 Å². The lowest BCUT2D eigenvalue weighted by Gasteiger charge is -2.38. The Balaban J connectivity index is 1.61. The van der Waals surface area contributed by atoms with Crippen molar-refractivity contribution in [2.75, 3.05) is 26.2 Å². The van der Waals surface area contributed by atoms with Gasteiger partial charge in [0.1, 0.15) is 11.7 Å². The van der Waals surface area contributed by atoms with E-state index in [0.717, 1.165) is 12.1 Å². The Labute approximate surface area is 185 Å². The third-order valence-corrected chi connectivity index (χ3v) is 6.16. The molecule has 0 unspecified atom stereocenters. The Bertz CT molecular complexity index is 1140. The molecule has 2 N–H and O–H groups in total. The molecule has 0 spiro atoms. The van der Waals surface area contributed by atoms with Crippen LogP contribution in [0.15, 0.2) is 48.5 Å². The monoisotopic (exact) mass is 441 g/mol. The highest BCUT2D eigenvalue weighted by Crippen LogP contribution is 2.34. The standard InChI is InChI=1S/C23H24ClN3O4/c1-25-18-8-3-2-7-17(18)19(20(25)22(28)29)21(23(30)31)27-11-9-26(10-12-27)14-15-5-4-6-16(24)13-15/h2-8,13,21H,9-12,14H2,1H3,(H,28,29)(H,30,31)/t21-/m0/s1. The molecule has 31 heavy (non-hydrogen) atoms. The molecule has 3 aromatic rings. The Kier molecular flexibility index (Phi) is 6.00. The summed E-state index contributed by atoms with van der Waals surface area (Å²) >= 11 is 6.08. The van der Waals surface area contributed by atoms with Gasteiger partial charge in [0.05, 0.1) is 0 Å². The van der Waals surface area contributed by atoms with Crippen LogP contribution in [0.25, 0.3) is 10.9 Å². The molecule has 1 saturated heterocycles. The van der Waals surface area contributed by atoms with Crippen LogP contribution in [0.2, 0.25) is 5.02 Å². The summed E-state index contributed by atoms with van der Waals surface area (Å²) in [7, 11) is 1.66. The summed E-state index contributed by atoms with van der Waals surface area (Å²) in [5, 5.41) is 21.3. The quantitative estimate of drug-likeness (QED) is 0.609. The van der Waals surface area contributed by atoms with E-state index in [1.807, 2.05) is 41.3 Å². The van der Waals surface area contributed by atoms with Crippen molar-refractivity contribution in [3.63, 3.8) is 0 Å². The SMILES string of the molecule is Cn1c(C(=O)O)c([C@@H](C(=O)O)N2CCN(Cc3cccc(Cl)c3)CC2)c2ccccc21. The Morgan fingerprint density at radius 3 is 2.39 bits per heavy atom. The molecule has 1 aromatic heterocycles. The number of benzene rings is 2. The van der Waals surface area contributed by atoms with Crippen molar-refractivity contribution in [2.24, 2.45) is 7.05 Å². The van der Waals surface area contributed by atoms with Gasteiger partial charge in [-0.1, -0.05) is 41.9 Å². The minimum atomic E-state index is -1.13. The zero-order chi connectivity index (χ0) is 22.1. The molecule has 0 bridgehead atoms. The predicted octanol–water partition coefficient (Wildman–Crippen LogP) is 3.47. The molecule has 0 aliphatic carbocycles. The summed E-state index contributed by atoms with van der Waals surface area (Å²) < 4.78 is 1.57. The maximum Gasteiger partial charge on any atom is 0.352 e. The van der Waals surface area contributed by atoms with Gasteiger partial charge in [-0.2, -0.15) is 0 Å². The average Bonchev–Trinajstić information content (AvgIpc) is 3.02. The first-order valence-corrected chi connectivity index (χ1v) is 10.5. The van der Waals surface area contributed by atoms with Crippen molar-refractivity contribution < 1.29 is 19.8 Å². The van der Waals surface area contributed by atoms with E-state index in [1.165, 1.54) is 0 Å².